The Hall–Kier alpha value is -3.88. The summed E-state index contributed by atoms with van der Waals surface area (Å²) in [6.07, 6.45) is 5.16. The number of hydrogen-bond donors (Lipinski definition) is 4. The quantitative estimate of drug-likeness (QED) is 0.318. The van der Waals surface area contributed by atoms with E-state index in [1.165, 1.54) is 4.90 Å². The second kappa shape index (κ2) is 11.9. The number of hydrogen-bond acceptors (Lipinski definition) is 5. The molecule has 1 aromatic heterocycles. The Morgan fingerprint density at radius 3 is 2.56 bits per heavy atom. The first-order valence-corrected chi connectivity index (χ1v) is 14.0. The minimum absolute atomic E-state index is 0.0601. The van der Waals surface area contributed by atoms with E-state index in [1.54, 1.807) is 0 Å². The Bertz CT molecular complexity index is 1300. The molecule has 0 saturated heterocycles. The van der Waals surface area contributed by atoms with Gasteiger partial charge in [0.1, 0.15) is 6.54 Å². The minimum atomic E-state index is -0.849. The number of carboxylic acid groups (broad SMARTS) is 1. The highest BCUT2D eigenvalue weighted by atomic mass is 16.4. The van der Waals surface area contributed by atoms with E-state index < -0.39 is 11.9 Å². The molecule has 2 amide bonds. The van der Waals surface area contributed by atoms with E-state index in [-0.39, 0.29) is 30.7 Å². The molecule has 9 nitrogen and oxygen atoms in total. The van der Waals surface area contributed by atoms with Crippen molar-refractivity contribution in [1.29, 1.82) is 0 Å². The molecule has 1 aliphatic carbocycles. The van der Waals surface area contributed by atoms with Gasteiger partial charge in [0.05, 0.1) is 17.0 Å². The monoisotopic (exact) mass is 531 g/mol. The first-order chi connectivity index (χ1) is 18.9. The first-order valence-electron chi connectivity index (χ1n) is 14.0. The lowest BCUT2D eigenvalue weighted by Gasteiger charge is -2.29. The number of aliphatic carboxylic acids is 1. The van der Waals surface area contributed by atoms with Crippen molar-refractivity contribution in [2.24, 2.45) is 11.8 Å². The van der Waals surface area contributed by atoms with Crippen LogP contribution in [0.2, 0.25) is 0 Å². The molecule has 2 heterocycles. The maximum absolute atomic E-state index is 13.1. The van der Waals surface area contributed by atoms with Crippen LogP contribution in [0.25, 0.3) is 11.0 Å². The number of anilines is 2. The Kier molecular flexibility index (Phi) is 8.14. The van der Waals surface area contributed by atoms with Gasteiger partial charge in [-0.05, 0) is 74.1 Å². The molecule has 2 unspecified atom stereocenters. The van der Waals surface area contributed by atoms with Crippen LogP contribution >= 0.6 is 0 Å². The van der Waals surface area contributed by atoms with Gasteiger partial charge >= 0.3 is 5.97 Å². The SMILES string of the molecule is CCC(C(=O)O)C1CCC(=O)N(CC(=O)NCC2CCC(Nc3nc4ccccc4[nH]3)CC2)c2ccccc21. The fourth-order valence-electron chi connectivity index (χ4n) is 6.16. The number of carboxylic acids is 1. The highest BCUT2D eigenvalue weighted by Gasteiger charge is 2.35. The van der Waals surface area contributed by atoms with Gasteiger partial charge in [-0.25, -0.2) is 4.98 Å². The summed E-state index contributed by atoms with van der Waals surface area (Å²) < 4.78 is 0. The molecule has 5 rings (SSSR count). The van der Waals surface area contributed by atoms with E-state index in [4.69, 9.17) is 0 Å². The molecule has 2 aromatic carbocycles. The highest BCUT2D eigenvalue weighted by Crippen LogP contribution is 2.40. The molecule has 9 heteroatoms. The Labute approximate surface area is 228 Å². The number of nitrogens with zero attached hydrogens (tertiary/aromatic N) is 2. The normalized spacial score (nSPS) is 22.1. The third-order valence-corrected chi connectivity index (χ3v) is 8.31. The lowest BCUT2D eigenvalue weighted by atomic mass is 9.81. The summed E-state index contributed by atoms with van der Waals surface area (Å²) in [4.78, 5) is 47.4. The summed E-state index contributed by atoms with van der Waals surface area (Å²) in [5, 5.41) is 16.3. The van der Waals surface area contributed by atoms with Crippen molar-refractivity contribution < 1.29 is 19.5 Å². The van der Waals surface area contributed by atoms with Crippen LogP contribution in [0.5, 0.6) is 0 Å². The molecule has 2 aliphatic rings. The molecule has 39 heavy (non-hydrogen) atoms. The maximum Gasteiger partial charge on any atom is 0.307 e. The van der Waals surface area contributed by atoms with Crippen molar-refractivity contribution >= 4 is 40.5 Å². The van der Waals surface area contributed by atoms with E-state index in [0.717, 1.165) is 48.2 Å². The average Bonchev–Trinajstić information content (AvgIpc) is 3.30. The van der Waals surface area contributed by atoms with Gasteiger partial charge in [-0.1, -0.05) is 37.3 Å². The zero-order valence-electron chi connectivity index (χ0n) is 22.4. The number of carbonyl (C=O) groups is 3. The van der Waals surface area contributed by atoms with E-state index in [0.29, 0.717) is 37.0 Å². The van der Waals surface area contributed by atoms with Crippen molar-refractivity contribution in [2.75, 3.05) is 23.3 Å². The molecule has 0 radical (unpaired) electrons. The number of H-pyrrole nitrogens is 1. The van der Waals surface area contributed by atoms with Gasteiger partial charge < -0.3 is 25.6 Å². The van der Waals surface area contributed by atoms with Crippen LogP contribution in [0, 0.1) is 11.8 Å². The Balaban J connectivity index is 1.14. The Morgan fingerprint density at radius 1 is 1.08 bits per heavy atom. The molecule has 4 N–H and O–H groups in total. The molecule has 2 atom stereocenters. The summed E-state index contributed by atoms with van der Waals surface area (Å²) in [5.74, 6) is -0.820. The predicted molar refractivity (Wildman–Crippen MR) is 151 cm³/mol. The Morgan fingerprint density at radius 2 is 1.82 bits per heavy atom. The van der Waals surface area contributed by atoms with Crippen LogP contribution < -0.4 is 15.5 Å². The van der Waals surface area contributed by atoms with Gasteiger partial charge in [-0.2, -0.15) is 0 Å². The molecular formula is C30H37N5O4. The number of benzene rings is 2. The van der Waals surface area contributed by atoms with Crippen LogP contribution in [0.1, 0.15) is 63.4 Å². The molecule has 1 fully saturated rings. The second-order valence-corrected chi connectivity index (χ2v) is 10.8. The second-order valence-electron chi connectivity index (χ2n) is 10.8. The fourth-order valence-corrected chi connectivity index (χ4v) is 6.16. The molecule has 1 aliphatic heterocycles. The number of imidazole rings is 1. The molecular weight excluding hydrogens is 494 g/mol. The van der Waals surface area contributed by atoms with Crippen LogP contribution in [0.15, 0.2) is 48.5 Å². The lowest BCUT2D eigenvalue weighted by molar-refractivity contribution is -0.142. The lowest BCUT2D eigenvalue weighted by Crippen LogP contribution is -2.42. The van der Waals surface area contributed by atoms with E-state index in [9.17, 15) is 19.5 Å². The summed E-state index contributed by atoms with van der Waals surface area (Å²) in [7, 11) is 0. The number of rotatable bonds is 9. The van der Waals surface area contributed by atoms with Crippen LogP contribution in [0.3, 0.4) is 0 Å². The molecule has 0 spiro atoms. The van der Waals surface area contributed by atoms with Gasteiger partial charge in [-0.3, -0.25) is 14.4 Å². The standard InChI is InChI=1S/C30H37N5O4/c1-2-21(29(38)39)22-15-16-28(37)35(26-10-6-3-7-23(22)26)18-27(36)31-17-19-11-13-20(14-12-19)32-30-33-24-8-4-5-9-25(24)34-30/h3-10,19-22H,2,11-18H2,1H3,(H,31,36)(H,38,39)(H2,32,33,34). The van der Waals surface area contributed by atoms with Crippen molar-refractivity contribution in [1.82, 2.24) is 15.3 Å². The zero-order chi connectivity index (χ0) is 27.4. The number of aromatic amines is 1. The third kappa shape index (κ3) is 6.08. The largest absolute Gasteiger partial charge is 0.481 e. The van der Waals surface area contributed by atoms with Gasteiger partial charge in [0.2, 0.25) is 17.8 Å². The van der Waals surface area contributed by atoms with Crippen molar-refractivity contribution in [3.8, 4) is 0 Å². The summed E-state index contributed by atoms with van der Waals surface area (Å²) in [6.45, 7) is 2.39. The zero-order valence-corrected chi connectivity index (χ0v) is 22.4. The minimum Gasteiger partial charge on any atom is -0.481 e. The fraction of sp³-hybridized carbons (Fsp3) is 0.467. The number of carbonyl (C=O) groups excluding carboxylic acids is 2. The van der Waals surface area contributed by atoms with E-state index in [2.05, 4.69) is 20.6 Å². The van der Waals surface area contributed by atoms with Crippen LogP contribution in [0.4, 0.5) is 11.6 Å². The maximum atomic E-state index is 13.1. The summed E-state index contributed by atoms with van der Waals surface area (Å²) in [6, 6.07) is 15.7. The third-order valence-electron chi connectivity index (χ3n) is 8.31. The number of aromatic nitrogens is 2. The highest BCUT2D eigenvalue weighted by molar-refractivity contribution is 6.00. The van der Waals surface area contributed by atoms with E-state index in [1.807, 2.05) is 55.5 Å². The van der Waals surface area contributed by atoms with Gasteiger partial charge in [-0.15, -0.1) is 0 Å². The first kappa shape index (κ1) is 26.7. The smallest absolute Gasteiger partial charge is 0.307 e. The van der Waals surface area contributed by atoms with Crippen LogP contribution in [-0.4, -0.2) is 52.0 Å². The molecule has 1 saturated carbocycles. The van der Waals surface area contributed by atoms with E-state index >= 15 is 0 Å². The molecule has 206 valence electrons. The predicted octanol–water partition coefficient (Wildman–Crippen LogP) is 4.67. The number of para-hydroxylation sites is 3. The number of amides is 2. The van der Waals surface area contributed by atoms with Gasteiger partial charge in [0.25, 0.3) is 0 Å². The summed E-state index contributed by atoms with van der Waals surface area (Å²) >= 11 is 0. The average molecular weight is 532 g/mol. The topological polar surface area (TPSA) is 127 Å². The van der Waals surface area contributed by atoms with Crippen LogP contribution in [-0.2, 0) is 14.4 Å². The molecule has 0 bridgehead atoms. The van der Waals surface area contributed by atoms with Crippen molar-refractivity contribution in [2.45, 2.75) is 63.8 Å². The molecule has 3 aromatic rings. The van der Waals surface area contributed by atoms with Gasteiger partial charge in [0, 0.05) is 24.7 Å². The number of nitrogens with one attached hydrogen (secondary N) is 3. The number of fused-ring (bicyclic) bond motifs is 2. The van der Waals surface area contributed by atoms with Gasteiger partial charge in [0.15, 0.2) is 0 Å². The van der Waals surface area contributed by atoms with Crippen molar-refractivity contribution in [3.05, 3.63) is 54.1 Å². The summed E-state index contributed by atoms with van der Waals surface area (Å²) in [5.41, 5.74) is 3.45. The van der Waals surface area contributed by atoms with Crippen molar-refractivity contribution in [3.63, 3.8) is 0 Å².